The number of imidazole rings is 1. The van der Waals surface area contributed by atoms with Crippen LogP contribution in [0.1, 0.15) is 37.8 Å². The largest absolute Gasteiger partial charge is 0.337 e. The van der Waals surface area contributed by atoms with Crippen LogP contribution in [0.25, 0.3) is 0 Å². The molecule has 1 heterocycles. The zero-order valence-corrected chi connectivity index (χ0v) is 9.15. The summed E-state index contributed by atoms with van der Waals surface area (Å²) in [6.07, 6.45) is 12.8. The minimum atomic E-state index is 0.537. The van der Waals surface area contributed by atoms with E-state index in [1.807, 2.05) is 12.5 Å². The quantitative estimate of drug-likeness (QED) is 0.766. The summed E-state index contributed by atoms with van der Waals surface area (Å²) >= 11 is 0. The SMILES string of the molecule is NCc1cn(CCC2=CCCCC2)cn1. The Morgan fingerprint density at radius 3 is 3.00 bits per heavy atom. The van der Waals surface area contributed by atoms with Gasteiger partial charge in [-0.1, -0.05) is 11.6 Å². The minimum Gasteiger partial charge on any atom is -0.337 e. The van der Waals surface area contributed by atoms with Crippen molar-refractivity contribution in [2.24, 2.45) is 5.73 Å². The molecule has 0 radical (unpaired) electrons. The lowest BCUT2D eigenvalue weighted by atomic mass is 9.97. The van der Waals surface area contributed by atoms with Crippen LogP contribution in [0.3, 0.4) is 0 Å². The fourth-order valence-corrected chi connectivity index (χ4v) is 2.04. The van der Waals surface area contributed by atoms with Crippen molar-refractivity contribution in [3.8, 4) is 0 Å². The Labute approximate surface area is 91.0 Å². The van der Waals surface area contributed by atoms with Crippen molar-refractivity contribution in [2.75, 3.05) is 0 Å². The van der Waals surface area contributed by atoms with E-state index in [1.165, 1.54) is 32.1 Å². The maximum atomic E-state index is 5.51. The Morgan fingerprint density at radius 2 is 2.33 bits per heavy atom. The first kappa shape index (κ1) is 10.4. The van der Waals surface area contributed by atoms with Crippen LogP contribution < -0.4 is 5.73 Å². The van der Waals surface area contributed by atoms with E-state index in [1.54, 1.807) is 5.57 Å². The van der Waals surface area contributed by atoms with E-state index in [0.717, 1.165) is 12.2 Å². The minimum absolute atomic E-state index is 0.537. The molecule has 0 atom stereocenters. The fraction of sp³-hybridized carbons (Fsp3) is 0.583. The van der Waals surface area contributed by atoms with E-state index in [9.17, 15) is 0 Å². The second-order valence-electron chi connectivity index (χ2n) is 4.17. The molecule has 0 unspecified atom stereocenters. The van der Waals surface area contributed by atoms with Crippen LogP contribution in [0.4, 0.5) is 0 Å². The van der Waals surface area contributed by atoms with Gasteiger partial charge >= 0.3 is 0 Å². The Hall–Kier alpha value is -1.09. The maximum Gasteiger partial charge on any atom is 0.0950 e. The number of nitrogens with zero attached hydrogens (tertiary/aromatic N) is 2. The van der Waals surface area contributed by atoms with E-state index in [4.69, 9.17) is 5.73 Å². The average molecular weight is 205 g/mol. The monoisotopic (exact) mass is 205 g/mol. The molecule has 3 nitrogen and oxygen atoms in total. The van der Waals surface area contributed by atoms with Crippen molar-refractivity contribution in [3.05, 3.63) is 29.9 Å². The summed E-state index contributed by atoms with van der Waals surface area (Å²) in [6.45, 7) is 1.58. The molecule has 1 aliphatic rings. The smallest absolute Gasteiger partial charge is 0.0950 e. The third-order valence-corrected chi connectivity index (χ3v) is 2.97. The summed E-state index contributed by atoms with van der Waals surface area (Å²) in [5, 5.41) is 0. The first-order chi connectivity index (χ1) is 7.38. The number of allylic oxidation sites excluding steroid dienone is 2. The molecule has 0 fully saturated rings. The van der Waals surface area contributed by atoms with Crippen molar-refractivity contribution >= 4 is 0 Å². The fourth-order valence-electron chi connectivity index (χ4n) is 2.04. The highest BCUT2D eigenvalue weighted by atomic mass is 15.0. The maximum absolute atomic E-state index is 5.51. The standard InChI is InChI=1S/C12H19N3/c13-8-12-9-15(10-14-12)7-6-11-4-2-1-3-5-11/h4,9-10H,1-3,5-8,13H2. The molecule has 0 saturated heterocycles. The van der Waals surface area contributed by atoms with Crippen molar-refractivity contribution in [1.82, 2.24) is 9.55 Å². The first-order valence-corrected chi connectivity index (χ1v) is 5.77. The molecule has 82 valence electrons. The van der Waals surface area contributed by atoms with E-state index < -0.39 is 0 Å². The second kappa shape index (κ2) is 5.12. The van der Waals surface area contributed by atoms with Gasteiger partial charge in [-0.3, -0.25) is 0 Å². The molecule has 0 bridgehead atoms. The highest BCUT2D eigenvalue weighted by Gasteiger charge is 2.04. The van der Waals surface area contributed by atoms with Crippen LogP contribution >= 0.6 is 0 Å². The third kappa shape index (κ3) is 2.93. The average Bonchev–Trinajstić information content (AvgIpc) is 2.76. The predicted molar refractivity (Wildman–Crippen MR) is 61.3 cm³/mol. The lowest BCUT2D eigenvalue weighted by Crippen LogP contribution is -2.00. The molecule has 2 N–H and O–H groups in total. The number of nitrogens with two attached hydrogens (primary N) is 1. The molecular weight excluding hydrogens is 186 g/mol. The Morgan fingerprint density at radius 1 is 1.40 bits per heavy atom. The number of aryl methyl sites for hydroxylation is 1. The highest BCUT2D eigenvalue weighted by molar-refractivity contribution is 5.05. The summed E-state index contributed by atoms with van der Waals surface area (Å²) in [5.41, 5.74) is 8.11. The molecule has 0 amide bonds. The van der Waals surface area contributed by atoms with Gasteiger partial charge in [-0.25, -0.2) is 4.98 Å². The van der Waals surface area contributed by atoms with Crippen molar-refractivity contribution < 1.29 is 0 Å². The lowest BCUT2D eigenvalue weighted by molar-refractivity contribution is 0.625. The van der Waals surface area contributed by atoms with E-state index in [-0.39, 0.29) is 0 Å². The summed E-state index contributed by atoms with van der Waals surface area (Å²) in [6, 6.07) is 0. The van der Waals surface area contributed by atoms with Gasteiger partial charge in [0.2, 0.25) is 0 Å². The normalized spacial score (nSPS) is 16.5. The van der Waals surface area contributed by atoms with Gasteiger partial charge in [0.25, 0.3) is 0 Å². The van der Waals surface area contributed by atoms with Gasteiger partial charge in [0, 0.05) is 19.3 Å². The molecular formula is C12H19N3. The number of hydrogen-bond donors (Lipinski definition) is 1. The highest BCUT2D eigenvalue weighted by Crippen LogP contribution is 2.20. The summed E-state index contributed by atoms with van der Waals surface area (Å²) < 4.78 is 2.14. The Bertz CT molecular complexity index is 338. The van der Waals surface area contributed by atoms with Crippen LogP contribution in [0.5, 0.6) is 0 Å². The molecule has 0 aliphatic heterocycles. The molecule has 0 saturated carbocycles. The predicted octanol–water partition coefficient (Wildman–Crippen LogP) is 2.23. The topological polar surface area (TPSA) is 43.8 Å². The molecule has 1 aromatic rings. The van der Waals surface area contributed by atoms with Crippen molar-refractivity contribution in [3.63, 3.8) is 0 Å². The molecule has 15 heavy (non-hydrogen) atoms. The van der Waals surface area contributed by atoms with Gasteiger partial charge in [-0.2, -0.15) is 0 Å². The molecule has 1 aliphatic carbocycles. The second-order valence-corrected chi connectivity index (χ2v) is 4.17. The molecule has 3 heteroatoms. The van der Waals surface area contributed by atoms with Gasteiger partial charge < -0.3 is 10.3 Å². The zero-order chi connectivity index (χ0) is 10.5. The van der Waals surface area contributed by atoms with Gasteiger partial charge in [-0.05, 0) is 32.1 Å². The molecule has 2 rings (SSSR count). The van der Waals surface area contributed by atoms with Crippen molar-refractivity contribution in [2.45, 2.75) is 45.2 Å². The summed E-state index contributed by atoms with van der Waals surface area (Å²) in [7, 11) is 0. The van der Waals surface area contributed by atoms with Crippen LogP contribution in [-0.4, -0.2) is 9.55 Å². The Kier molecular flexibility index (Phi) is 3.56. The zero-order valence-electron chi connectivity index (χ0n) is 9.15. The molecule has 0 spiro atoms. The van der Waals surface area contributed by atoms with Gasteiger partial charge in [-0.15, -0.1) is 0 Å². The van der Waals surface area contributed by atoms with Crippen LogP contribution in [0.2, 0.25) is 0 Å². The number of aromatic nitrogens is 2. The van der Waals surface area contributed by atoms with E-state index >= 15 is 0 Å². The van der Waals surface area contributed by atoms with Gasteiger partial charge in [0.05, 0.1) is 12.0 Å². The lowest BCUT2D eigenvalue weighted by Gasteiger charge is -2.12. The van der Waals surface area contributed by atoms with Gasteiger partial charge in [0.15, 0.2) is 0 Å². The summed E-state index contributed by atoms with van der Waals surface area (Å²) in [5.74, 6) is 0. The number of hydrogen-bond acceptors (Lipinski definition) is 2. The number of rotatable bonds is 4. The third-order valence-electron chi connectivity index (χ3n) is 2.97. The van der Waals surface area contributed by atoms with E-state index in [0.29, 0.717) is 6.54 Å². The van der Waals surface area contributed by atoms with Gasteiger partial charge in [0.1, 0.15) is 0 Å². The molecule has 1 aromatic heterocycles. The van der Waals surface area contributed by atoms with Crippen LogP contribution in [-0.2, 0) is 13.1 Å². The van der Waals surface area contributed by atoms with Crippen LogP contribution in [0.15, 0.2) is 24.2 Å². The summed E-state index contributed by atoms with van der Waals surface area (Å²) in [4.78, 5) is 4.22. The first-order valence-electron chi connectivity index (χ1n) is 5.77. The molecule has 0 aromatic carbocycles. The Balaban J connectivity index is 1.84. The van der Waals surface area contributed by atoms with Crippen LogP contribution in [0, 0.1) is 0 Å². The van der Waals surface area contributed by atoms with Crippen molar-refractivity contribution in [1.29, 1.82) is 0 Å². The van der Waals surface area contributed by atoms with E-state index in [2.05, 4.69) is 15.6 Å².